The Morgan fingerprint density at radius 1 is 1.28 bits per heavy atom. The Hall–Kier alpha value is -2.19. The Bertz CT molecular complexity index is 894. The minimum Gasteiger partial charge on any atom is -0.394 e. The molecule has 0 aliphatic rings. The summed E-state index contributed by atoms with van der Waals surface area (Å²) in [6, 6.07) is 3.40. The zero-order chi connectivity index (χ0) is 18.7. The number of nitrogens with zero attached hydrogens (tertiary/aromatic N) is 1. The van der Waals surface area contributed by atoms with Crippen LogP contribution < -0.4 is 16.6 Å². The molecule has 0 spiro atoms. The fourth-order valence-corrected chi connectivity index (χ4v) is 3.29. The molecule has 1 aromatic carbocycles. The predicted octanol–water partition coefficient (Wildman–Crippen LogP) is 1.07. The smallest absolute Gasteiger partial charge is 0.328 e. The first-order chi connectivity index (χ1) is 11.7. The number of aryl methyl sites for hydroxylation is 3. The van der Waals surface area contributed by atoms with E-state index in [0.717, 1.165) is 26.8 Å². The van der Waals surface area contributed by atoms with Gasteiger partial charge in [0.2, 0.25) is 5.91 Å². The standard InChI is InChI=1S/C17H20BrN3O4/c1-9-4-10(2)15(11(3)5-9)13(8-22)19-14(23)7-21-6-12(18)16(24)20-17(21)25/h4-6,13,22H,7-8H2,1-3H3,(H,19,23)(H,20,24,25). The van der Waals surface area contributed by atoms with E-state index < -0.39 is 23.2 Å². The number of benzene rings is 1. The van der Waals surface area contributed by atoms with Crippen molar-refractivity contribution >= 4 is 21.8 Å². The number of amides is 1. The second-order valence-corrected chi connectivity index (χ2v) is 6.83. The average Bonchev–Trinajstić information content (AvgIpc) is 2.50. The van der Waals surface area contributed by atoms with Gasteiger partial charge >= 0.3 is 5.69 Å². The van der Waals surface area contributed by atoms with Crippen LogP contribution in [0.3, 0.4) is 0 Å². The van der Waals surface area contributed by atoms with Gasteiger partial charge in [0.25, 0.3) is 5.56 Å². The number of nitrogens with one attached hydrogen (secondary N) is 2. The van der Waals surface area contributed by atoms with Crippen LogP contribution in [0.15, 0.2) is 32.4 Å². The summed E-state index contributed by atoms with van der Waals surface area (Å²) in [5, 5.41) is 12.4. The lowest BCUT2D eigenvalue weighted by atomic mass is 9.94. The molecule has 2 aromatic rings. The molecule has 0 aliphatic carbocycles. The summed E-state index contributed by atoms with van der Waals surface area (Å²) in [6.07, 6.45) is 1.26. The van der Waals surface area contributed by atoms with E-state index >= 15 is 0 Å². The first-order valence-corrected chi connectivity index (χ1v) is 8.49. The van der Waals surface area contributed by atoms with Crippen molar-refractivity contribution in [3.8, 4) is 0 Å². The zero-order valence-electron chi connectivity index (χ0n) is 14.2. The molecular weight excluding hydrogens is 390 g/mol. The molecular formula is C17H20BrN3O4. The van der Waals surface area contributed by atoms with Crippen LogP contribution >= 0.6 is 15.9 Å². The molecule has 0 fully saturated rings. The maximum atomic E-state index is 12.3. The molecule has 1 aromatic heterocycles. The summed E-state index contributed by atoms with van der Waals surface area (Å²) in [6.45, 7) is 5.30. The highest BCUT2D eigenvalue weighted by atomic mass is 79.9. The number of aromatic nitrogens is 2. The van der Waals surface area contributed by atoms with Crippen LogP contribution in [0.2, 0.25) is 0 Å². The minimum atomic E-state index is -0.674. The molecule has 0 saturated carbocycles. The van der Waals surface area contributed by atoms with Crippen LogP contribution in [-0.4, -0.2) is 27.2 Å². The van der Waals surface area contributed by atoms with Crippen LogP contribution in [-0.2, 0) is 11.3 Å². The average molecular weight is 410 g/mol. The van der Waals surface area contributed by atoms with Crippen molar-refractivity contribution < 1.29 is 9.90 Å². The van der Waals surface area contributed by atoms with Crippen LogP contribution in [0.5, 0.6) is 0 Å². The molecule has 3 N–H and O–H groups in total. The molecule has 1 unspecified atom stereocenters. The van der Waals surface area contributed by atoms with Crippen LogP contribution in [0, 0.1) is 20.8 Å². The van der Waals surface area contributed by atoms with Gasteiger partial charge in [-0.25, -0.2) is 4.79 Å². The Morgan fingerprint density at radius 3 is 2.44 bits per heavy atom. The van der Waals surface area contributed by atoms with E-state index in [1.807, 2.05) is 32.9 Å². The van der Waals surface area contributed by atoms with E-state index in [2.05, 4.69) is 26.2 Å². The maximum Gasteiger partial charge on any atom is 0.328 e. The second-order valence-electron chi connectivity index (χ2n) is 5.98. The van der Waals surface area contributed by atoms with Crippen molar-refractivity contribution in [3.63, 3.8) is 0 Å². The van der Waals surface area contributed by atoms with Gasteiger partial charge in [-0.2, -0.15) is 0 Å². The third kappa shape index (κ3) is 4.46. The quantitative estimate of drug-likeness (QED) is 0.686. The van der Waals surface area contributed by atoms with Crippen molar-refractivity contribution in [2.45, 2.75) is 33.4 Å². The molecule has 1 heterocycles. The van der Waals surface area contributed by atoms with Gasteiger partial charge in [-0.3, -0.25) is 19.1 Å². The highest BCUT2D eigenvalue weighted by Crippen LogP contribution is 2.23. The number of carbonyl (C=O) groups excluding carboxylic acids is 1. The van der Waals surface area contributed by atoms with Gasteiger partial charge in [0.15, 0.2) is 0 Å². The third-order valence-corrected chi connectivity index (χ3v) is 4.45. The van der Waals surface area contributed by atoms with Gasteiger partial charge in [-0.15, -0.1) is 0 Å². The zero-order valence-corrected chi connectivity index (χ0v) is 15.8. The molecule has 2 rings (SSSR count). The molecule has 8 heteroatoms. The SMILES string of the molecule is Cc1cc(C)c(C(CO)NC(=O)Cn2cc(Br)c(=O)[nH]c2=O)c(C)c1. The van der Waals surface area contributed by atoms with Crippen molar-refractivity contribution in [1.29, 1.82) is 0 Å². The largest absolute Gasteiger partial charge is 0.394 e. The number of aliphatic hydroxyl groups is 1. The molecule has 0 radical (unpaired) electrons. The van der Waals surface area contributed by atoms with Crippen LogP contribution in [0.4, 0.5) is 0 Å². The van der Waals surface area contributed by atoms with E-state index in [0.29, 0.717) is 0 Å². The Balaban J connectivity index is 2.23. The number of H-pyrrole nitrogens is 1. The number of carbonyl (C=O) groups is 1. The van der Waals surface area contributed by atoms with E-state index in [4.69, 9.17) is 0 Å². The van der Waals surface area contributed by atoms with Crippen molar-refractivity contribution in [1.82, 2.24) is 14.9 Å². The topological polar surface area (TPSA) is 104 Å². The molecule has 1 amide bonds. The van der Waals surface area contributed by atoms with E-state index in [1.54, 1.807) is 0 Å². The van der Waals surface area contributed by atoms with E-state index in [1.165, 1.54) is 6.20 Å². The number of rotatable bonds is 5. The minimum absolute atomic E-state index is 0.156. The van der Waals surface area contributed by atoms with Gasteiger partial charge in [0, 0.05) is 6.20 Å². The first-order valence-electron chi connectivity index (χ1n) is 7.70. The summed E-state index contributed by atoms with van der Waals surface area (Å²) < 4.78 is 1.24. The normalized spacial score (nSPS) is 12.0. The highest BCUT2D eigenvalue weighted by molar-refractivity contribution is 9.10. The van der Waals surface area contributed by atoms with Gasteiger partial charge in [0.1, 0.15) is 6.54 Å². The number of aliphatic hydroxyl groups excluding tert-OH is 1. The molecule has 134 valence electrons. The monoisotopic (exact) mass is 409 g/mol. The lowest BCUT2D eigenvalue weighted by molar-refractivity contribution is -0.122. The number of halogens is 1. The van der Waals surface area contributed by atoms with Crippen molar-refractivity contribution in [2.24, 2.45) is 0 Å². The Morgan fingerprint density at radius 2 is 1.88 bits per heavy atom. The van der Waals surface area contributed by atoms with Crippen LogP contribution in [0.1, 0.15) is 28.3 Å². The van der Waals surface area contributed by atoms with Crippen molar-refractivity contribution in [3.05, 3.63) is 65.9 Å². The third-order valence-electron chi connectivity index (χ3n) is 3.89. The van der Waals surface area contributed by atoms with E-state index in [-0.39, 0.29) is 17.6 Å². The molecule has 1 atom stereocenters. The summed E-state index contributed by atoms with van der Waals surface area (Å²) >= 11 is 3.02. The summed E-state index contributed by atoms with van der Waals surface area (Å²) in [5.74, 6) is -0.445. The molecule has 0 saturated heterocycles. The van der Waals surface area contributed by atoms with Gasteiger partial charge < -0.3 is 10.4 Å². The summed E-state index contributed by atoms with van der Waals surface area (Å²) in [4.78, 5) is 37.5. The lowest BCUT2D eigenvalue weighted by Crippen LogP contribution is -2.38. The number of aromatic amines is 1. The molecule has 0 aliphatic heterocycles. The number of hydrogen-bond acceptors (Lipinski definition) is 4. The van der Waals surface area contributed by atoms with Crippen molar-refractivity contribution in [2.75, 3.05) is 6.61 Å². The molecule has 7 nitrogen and oxygen atoms in total. The number of hydrogen-bond donors (Lipinski definition) is 3. The molecule has 0 bridgehead atoms. The Kier molecular flexibility index (Phi) is 5.97. The van der Waals surface area contributed by atoms with Gasteiger partial charge in [-0.1, -0.05) is 17.7 Å². The highest BCUT2D eigenvalue weighted by Gasteiger charge is 2.19. The summed E-state index contributed by atoms with van der Waals surface area (Å²) in [7, 11) is 0. The molecule has 25 heavy (non-hydrogen) atoms. The fourth-order valence-electron chi connectivity index (χ4n) is 2.94. The van der Waals surface area contributed by atoms with E-state index in [9.17, 15) is 19.5 Å². The van der Waals surface area contributed by atoms with Crippen LogP contribution in [0.25, 0.3) is 0 Å². The van der Waals surface area contributed by atoms with Gasteiger partial charge in [0.05, 0.1) is 17.1 Å². The predicted molar refractivity (Wildman–Crippen MR) is 97.6 cm³/mol. The van der Waals surface area contributed by atoms with Gasteiger partial charge in [-0.05, 0) is 53.4 Å². The fraction of sp³-hybridized carbons (Fsp3) is 0.353. The second kappa shape index (κ2) is 7.79. The first kappa shape index (κ1) is 19.1. The maximum absolute atomic E-state index is 12.3. The lowest BCUT2D eigenvalue weighted by Gasteiger charge is -2.22. The Labute approximate surface area is 152 Å². The summed E-state index contributed by atoms with van der Waals surface area (Å²) in [5.41, 5.74) is 2.68.